The van der Waals surface area contributed by atoms with Crippen LogP contribution in [0.3, 0.4) is 0 Å². The maximum Gasteiger partial charge on any atom is 0.202 e. The molecule has 0 saturated heterocycles. The molecule has 4 nitrogen and oxygen atoms in total. The summed E-state index contributed by atoms with van der Waals surface area (Å²) in [5.74, 6) is 0.627. The van der Waals surface area contributed by atoms with Gasteiger partial charge in [0.05, 0.1) is 17.4 Å². The Morgan fingerprint density at radius 1 is 1.08 bits per heavy atom. The average molecular weight is 519 g/mol. The van der Waals surface area contributed by atoms with Gasteiger partial charge in [-0.2, -0.15) is 17.2 Å². The molecule has 0 atom stereocenters. The summed E-state index contributed by atoms with van der Waals surface area (Å²) < 4.78 is 7.64. The van der Waals surface area contributed by atoms with Crippen LogP contribution in [0.4, 0.5) is 0 Å². The van der Waals surface area contributed by atoms with Gasteiger partial charge >= 0.3 is 0 Å². The number of hydrogen-bond donors (Lipinski definition) is 0. The van der Waals surface area contributed by atoms with Crippen LogP contribution in [0.2, 0.25) is 0 Å². The second kappa shape index (κ2) is 6.04. The van der Waals surface area contributed by atoms with Gasteiger partial charge in [0.1, 0.15) is 6.26 Å². The Labute approximate surface area is 164 Å². The van der Waals surface area contributed by atoms with E-state index in [1.807, 2.05) is 17.5 Å². The normalized spacial score (nSPS) is 11.3. The van der Waals surface area contributed by atoms with Crippen LogP contribution < -0.4 is 0 Å². The molecule has 2 aromatic carbocycles. The van der Waals surface area contributed by atoms with Gasteiger partial charge in [-0.3, -0.25) is 4.52 Å². The summed E-state index contributed by atoms with van der Waals surface area (Å²) in [6.07, 6.45) is 3.29. The van der Waals surface area contributed by atoms with Gasteiger partial charge in [-0.1, -0.05) is 41.5 Å². The monoisotopic (exact) mass is 519 g/mol. The molecule has 26 heavy (non-hydrogen) atoms. The molecule has 5 rings (SSSR count). The van der Waals surface area contributed by atoms with E-state index in [9.17, 15) is 0 Å². The van der Waals surface area contributed by atoms with E-state index in [1.165, 1.54) is 16.3 Å². The number of pyridine rings is 1. The van der Waals surface area contributed by atoms with Crippen molar-refractivity contribution in [2.24, 2.45) is 0 Å². The van der Waals surface area contributed by atoms with Crippen molar-refractivity contribution in [1.82, 2.24) is 14.6 Å². The molecule has 0 bridgehead atoms. The molecule has 131 valence electrons. The first-order chi connectivity index (χ1) is 12.1. The predicted molar refractivity (Wildman–Crippen MR) is 98.7 cm³/mol. The Bertz CT molecular complexity index is 1270. The minimum Gasteiger partial charge on any atom is -0.447 e. The third-order valence-corrected chi connectivity index (χ3v) is 4.79. The van der Waals surface area contributed by atoms with Crippen LogP contribution in [0.1, 0.15) is 16.8 Å². The standard InChI is InChI=1S/C21H16N3O.Ir/c1-12-5-4-6-15-18(12)17-11-14(3)23-24(17)16-8-7-13(2)19(20(15)16)21-22-9-10-25-21;/h4-7,9-11H,1-3H3;/q-1;. The van der Waals surface area contributed by atoms with E-state index in [0.717, 1.165) is 33.2 Å². The van der Waals surface area contributed by atoms with Crippen molar-refractivity contribution in [2.75, 3.05) is 0 Å². The molecule has 0 aliphatic carbocycles. The number of aromatic nitrogens is 3. The van der Waals surface area contributed by atoms with Crippen LogP contribution in [-0.4, -0.2) is 14.6 Å². The number of rotatable bonds is 1. The Kier molecular flexibility index (Phi) is 3.94. The van der Waals surface area contributed by atoms with Crippen LogP contribution in [-0.2, 0) is 20.1 Å². The van der Waals surface area contributed by atoms with E-state index in [1.54, 1.807) is 12.5 Å². The molecule has 0 fully saturated rings. The molecule has 0 amide bonds. The van der Waals surface area contributed by atoms with Crippen LogP contribution in [0.5, 0.6) is 0 Å². The molecule has 0 N–H and O–H groups in total. The molecule has 3 aromatic heterocycles. The van der Waals surface area contributed by atoms with Crippen molar-refractivity contribution in [3.63, 3.8) is 0 Å². The fraction of sp³-hybridized carbons (Fsp3) is 0.143. The molecule has 0 spiro atoms. The van der Waals surface area contributed by atoms with E-state index in [0.29, 0.717) is 5.89 Å². The molecule has 0 aliphatic rings. The second-order valence-corrected chi connectivity index (χ2v) is 6.49. The first-order valence-corrected chi connectivity index (χ1v) is 8.27. The largest absolute Gasteiger partial charge is 0.447 e. The first-order valence-electron chi connectivity index (χ1n) is 8.27. The van der Waals surface area contributed by atoms with Crippen molar-refractivity contribution >= 4 is 27.2 Å². The van der Waals surface area contributed by atoms with Crippen LogP contribution >= 0.6 is 0 Å². The minimum absolute atomic E-state index is 0. The number of benzene rings is 2. The number of aryl methyl sites for hydroxylation is 3. The molecule has 5 heteroatoms. The van der Waals surface area contributed by atoms with Crippen molar-refractivity contribution in [1.29, 1.82) is 0 Å². The summed E-state index contributed by atoms with van der Waals surface area (Å²) in [5.41, 5.74) is 6.36. The Morgan fingerprint density at radius 2 is 1.92 bits per heavy atom. The van der Waals surface area contributed by atoms with Crippen LogP contribution in [0.15, 0.2) is 47.2 Å². The summed E-state index contributed by atoms with van der Waals surface area (Å²) >= 11 is 0. The Hall–Kier alpha value is -2.49. The maximum absolute atomic E-state index is 5.65. The summed E-state index contributed by atoms with van der Waals surface area (Å²) in [4.78, 5) is 4.40. The van der Waals surface area contributed by atoms with Gasteiger partial charge in [-0.15, -0.1) is 5.56 Å². The van der Waals surface area contributed by atoms with Crippen molar-refractivity contribution < 1.29 is 24.5 Å². The summed E-state index contributed by atoms with van der Waals surface area (Å²) in [6, 6.07) is 13.9. The zero-order valence-electron chi connectivity index (χ0n) is 14.6. The predicted octanol–water partition coefficient (Wildman–Crippen LogP) is 5.02. The van der Waals surface area contributed by atoms with E-state index < -0.39 is 0 Å². The molecule has 3 heterocycles. The Balaban J connectivity index is 0.00000168. The maximum atomic E-state index is 5.65. The summed E-state index contributed by atoms with van der Waals surface area (Å²) in [6.45, 7) is 6.22. The molecule has 1 radical (unpaired) electrons. The van der Waals surface area contributed by atoms with E-state index in [-0.39, 0.29) is 20.1 Å². The van der Waals surface area contributed by atoms with Gasteiger partial charge in [0.2, 0.25) is 5.89 Å². The molecular weight excluding hydrogens is 502 g/mol. The van der Waals surface area contributed by atoms with Gasteiger partial charge in [-0.25, -0.2) is 4.98 Å². The number of fused-ring (bicyclic) bond motifs is 6. The average Bonchev–Trinajstić information content (AvgIpc) is 3.24. The van der Waals surface area contributed by atoms with Crippen molar-refractivity contribution in [2.45, 2.75) is 20.8 Å². The van der Waals surface area contributed by atoms with Gasteiger partial charge in [0, 0.05) is 20.1 Å². The van der Waals surface area contributed by atoms with E-state index in [2.05, 4.69) is 49.2 Å². The smallest absolute Gasteiger partial charge is 0.202 e. The van der Waals surface area contributed by atoms with Gasteiger partial charge in [-0.05, 0) is 36.4 Å². The van der Waals surface area contributed by atoms with Crippen molar-refractivity contribution in [3.8, 4) is 11.5 Å². The molecule has 0 unspecified atom stereocenters. The first kappa shape index (κ1) is 16.9. The van der Waals surface area contributed by atoms with Crippen molar-refractivity contribution in [3.05, 3.63) is 65.7 Å². The fourth-order valence-corrected chi connectivity index (χ4v) is 3.75. The summed E-state index contributed by atoms with van der Waals surface area (Å²) in [7, 11) is 0. The molecule has 0 aliphatic heterocycles. The number of oxazole rings is 1. The van der Waals surface area contributed by atoms with Gasteiger partial charge in [0.15, 0.2) is 0 Å². The zero-order chi connectivity index (χ0) is 17.1. The molecular formula is C21H16IrN3O-. The second-order valence-electron chi connectivity index (χ2n) is 6.49. The third kappa shape index (κ3) is 2.24. The number of nitrogens with zero attached hydrogens (tertiary/aromatic N) is 3. The van der Waals surface area contributed by atoms with Gasteiger partial charge < -0.3 is 4.42 Å². The fourth-order valence-electron chi connectivity index (χ4n) is 3.75. The van der Waals surface area contributed by atoms with E-state index in [4.69, 9.17) is 9.52 Å². The topological polar surface area (TPSA) is 43.3 Å². The quantitative estimate of drug-likeness (QED) is 0.231. The van der Waals surface area contributed by atoms with E-state index >= 15 is 0 Å². The number of hydrogen-bond acceptors (Lipinski definition) is 3. The SMILES string of the molecule is Cc1cc2c3c(C)cccc3c3c(-c4ncco4)c(C)c[c-]c3n2n1.[Ir]. The summed E-state index contributed by atoms with van der Waals surface area (Å²) in [5, 5.41) is 8.19. The Morgan fingerprint density at radius 3 is 2.69 bits per heavy atom. The molecule has 5 aromatic rings. The zero-order valence-corrected chi connectivity index (χ0v) is 17.0. The third-order valence-electron chi connectivity index (χ3n) is 4.79. The van der Waals surface area contributed by atoms with Crippen LogP contribution in [0, 0.1) is 26.8 Å². The minimum atomic E-state index is 0. The van der Waals surface area contributed by atoms with Crippen LogP contribution in [0.25, 0.3) is 38.6 Å². The van der Waals surface area contributed by atoms with Gasteiger partial charge in [0.25, 0.3) is 0 Å². The molecule has 0 saturated carbocycles.